The van der Waals surface area contributed by atoms with Crippen molar-refractivity contribution in [2.75, 3.05) is 38.2 Å². The summed E-state index contributed by atoms with van der Waals surface area (Å²) in [6.07, 6.45) is 2.00. The second kappa shape index (κ2) is 7.53. The second-order valence-corrected chi connectivity index (χ2v) is 7.08. The van der Waals surface area contributed by atoms with Gasteiger partial charge in [-0.25, -0.2) is 0 Å². The Labute approximate surface area is 163 Å². The summed E-state index contributed by atoms with van der Waals surface area (Å²) in [6.45, 7) is 2.99. The lowest BCUT2D eigenvalue weighted by atomic mass is 10.1. The molecule has 6 heteroatoms. The van der Waals surface area contributed by atoms with E-state index in [0.717, 1.165) is 46.1 Å². The van der Waals surface area contributed by atoms with E-state index in [4.69, 9.17) is 20.8 Å². The lowest BCUT2D eigenvalue weighted by Gasteiger charge is -2.36. The number of methoxy groups -OCH3 is 1. The molecule has 1 aliphatic heterocycles. The molecule has 0 saturated carbocycles. The number of piperazine rings is 1. The summed E-state index contributed by atoms with van der Waals surface area (Å²) in [5.74, 6) is 0.874. The topological polar surface area (TPSA) is 45.9 Å². The number of hydrogen-bond donors (Lipinski definition) is 0. The third kappa shape index (κ3) is 3.74. The summed E-state index contributed by atoms with van der Waals surface area (Å²) in [5.41, 5.74) is 2.76. The zero-order valence-electron chi connectivity index (χ0n) is 15.2. The first-order valence-corrected chi connectivity index (χ1v) is 9.34. The SMILES string of the molecule is COc1ccc2occ(CC(=O)N3CCN(c4cccc(Cl)c4)CC3)c2c1. The maximum Gasteiger partial charge on any atom is 0.227 e. The predicted molar refractivity (Wildman–Crippen MR) is 107 cm³/mol. The number of amides is 1. The van der Waals surface area contributed by atoms with Gasteiger partial charge in [-0.1, -0.05) is 17.7 Å². The average molecular weight is 385 g/mol. The number of ether oxygens (including phenoxy) is 1. The van der Waals surface area contributed by atoms with Crippen LogP contribution in [0.3, 0.4) is 0 Å². The molecule has 1 fully saturated rings. The molecule has 1 amide bonds. The highest BCUT2D eigenvalue weighted by Crippen LogP contribution is 2.27. The van der Waals surface area contributed by atoms with Gasteiger partial charge in [0.25, 0.3) is 0 Å². The maximum atomic E-state index is 12.8. The molecular formula is C21H21ClN2O3. The summed E-state index contributed by atoms with van der Waals surface area (Å²) in [4.78, 5) is 16.9. The van der Waals surface area contributed by atoms with Crippen molar-refractivity contribution in [2.45, 2.75) is 6.42 Å². The van der Waals surface area contributed by atoms with Crippen LogP contribution in [0.4, 0.5) is 5.69 Å². The molecule has 0 radical (unpaired) electrons. The summed E-state index contributed by atoms with van der Waals surface area (Å²) in [7, 11) is 1.63. The fraction of sp³-hybridized carbons (Fsp3) is 0.286. The van der Waals surface area contributed by atoms with Crippen LogP contribution in [0.1, 0.15) is 5.56 Å². The second-order valence-electron chi connectivity index (χ2n) is 6.65. The third-order valence-corrected chi connectivity index (χ3v) is 5.24. The van der Waals surface area contributed by atoms with Crippen LogP contribution >= 0.6 is 11.6 Å². The van der Waals surface area contributed by atoms with E-state index in [9.17, 15) is 4.79 Å². The summed E-state index contributed by atoms with van der Waals surface area (Å²) in [5, 5.41) is 1.66. The molecule has 3 aromatic rings. The number of benzene rings is 2. The Morgan fingerprint density at radius 2 is 1.96 bits per heavy atom. The van der Waals surface area contributed by atoms with E-state index in [1.807, 2.05) is 47.4 Å². The average Bonchev–Trinajstić information content (AvgIpc) is 3.10. The van der Waals surface area contributed by atoms with E-state index in [1.165, 1.54) is 0 Å². The first kappa shape index (κ1) is 17.7. The highest BCUT2D eigenvalue weighted by atomic mass is 35.5. The summed E-state index contributed by atoms with van der Waals surface area (Å²) < 4.78 is 10.9. The van der Waals surface area contributed by atoms with Gasteiger partial charge in [0.05, 0.1) is 19.8 Å². The number of carbonyl (C=O) groups excluding carboxylic acids is 1. The number of nitrogens with zero attached hydrogens (tertiary/aromatic N) is 2. The van der Waals surface area contributed by atoms with Gasteiger partial charge < -0.3 is 19.0 Å². The number of carbonyl (C=O) groups is 1. The van der Waals surface area contributed by atoms with Crippen LogP contribution in [0.15, 0.2) is 53.1 Å². The summed E-state index contributed by atoms with van der Waals surface area (Å²) in [6, 6.07) is 13.5. The van der Waals surface area contributed by atoms with Crippen molar-refractivity contribution in [1.29, 1.82) is 0 Å². The molecule has 1 aromatic heterocycles. The third-order valence-electron chi connectivity index (χ3n) is 5.01. The zero-order chi connectivity index (χ0) is 18.8. The van der Waals surface area contributed by atoms with Gasteiger partial charge in [0.2, 0.25) is 5.91 Å². The Kier molecular flexibility index (Phi) is 4.94. The Balaban J connectivity index is 1.41. The molecule has 27 heavy (non-hydrogen) atoms. The van der Waals surface area contributed by atoms with Crippen LogP contribution in [-0.2, 0) is 11.2 Å². The van der Waals surface area contributed by atoms with Crippen molar-refractivity contribution in [2.24, 2.45) is 0 Å². The number of anilines is 1. The van der Waals surface area contributed by atoms with Crippen molar-refractivity contribution in [3.05, 3.63) is 59.3 Å². The summed E-state index contributed by atoms with van der Waals surface area (Å²) >= 11 is 6.08. The fourth-order valence-electron chi connectivity index (χ4n) is 3.49. The maximum absolute atomic E-state index is 12.8. The van der Waals surface area contributed by atoms with Crippen molar-refractivity contribution in [3.8, 4) is 5.75 Å². The number of hydrogen-bond acceptors (Lipinski definition) is 4. The number of furan rings is 1. The van der Waals surface area contributed by atoms with Crippen molar-refractivity contribution in [3.63, 3.8) is 0 Å². The van der Waals surface area contributed by atoms with Crippen molar-refractivity contribution in [1.82, 2.24) is 4.90 Å². The molecule has 5 nitrogen and oxygen atoms in total. The van der Waals surface area contributed by atoms with Gasteiger partial charge in [-0.15, -0.1) is 0 Å². The van der Waals surface area contributed by atoms with Gasteiger partial charge in [0.15, 0.2) is 0 Å². The van der Waals surface area contributed by atoms with Gasteiger partial charge in [-0.2, -0.15) is 0 Å². The molecule has 1 saturated heterocycles. The van der Waals surface area contributed by atoms with Crippen LogP contribution in [0, 0.1) is 0 Å². The quantitative estimate of drug-likeness (QED) is 0.682. The van der Waals surface area contributed by atoms with Crippen LogP contribution in [0.5, 0.6) is 5.75 Å². The van der Waals surface area contributed by atoms with Crippen LogP contribution in [0.2, 0.25) is 5.02 Å². The Bertz CT molecular complexity index is 961. The molecule has 2 heterocycles. The van der Waals surface area contributed by atoms with Crippen molar-refractivity contribution < 1.29 is 13.9 Å². The molecule has 0 unspecified atom stereocenters. The molecule has 4 rings (SSSR count). The minimum atomic E-state index is 0.117. The van der Waals surface area contributed by atoms with Crippen LogP contribution in [0.25, 0.3) is 11.0 Å². The van der Waals surface area contributed by atoms with Crippen LogP contribution < -0.4 is 9.64 Å². The van der Waals surface area contributed by atoms with Gasteiger partial charge >= 0.3 is 0 Å². The number of halogens is 1. The van der Waals surface area contributed by atoms with E-state index in [-0.39, 0.29) is 5.91 Å². The minimum Gasteiger partial charge on any atom is -0.497 e. The van der Waals surface area contributed by atoms with E-state index in [1.54, 1.807) is 13.4 Å². The number of rotatable bonds is 4. The lowest BCUT2D eigenvalue weighted by Crippen LogP contribution is -2.49. The van der Waals surface area contributed by atoms with Gasteiger partial charge in [0.1, 0.15) is 11.3 Å². The van der Waals surface area contributed by atoms with E-state index in [0.29, 0.717) is 19.5 Å². The van der Waals surface area contributed by atoms with E-state index >= 15 is 0 Å². The van der Waals surface area contributed by atoms with Crippen LogP contribution in [-0.4, -0.2) is 44.1 Å². The molecule has 2 aromatic carbocycles. The normalized spacial score (nSPS) is 14.6. The standard InChI is InChI=1S/C21H21ClN2O3/c1-26-18-5-6-20-19(13-18)15(14-27-20)11-21(25)24-9-7-23(8-10-24)17-4-2-3-16(22)12-17/h2-6,12-14H,7-11H2,1H3. The molecule has 1 aliphatic rings. The van der Waals surface area contributed by atoms with Gasteiger partial charge in [0, 0.05) is 47.8 Å². The number of fused-ring (bicyclic) bond motifs is 1. The van der Waals surface area contributed by atoms with Gasteiger partial charge in [-0.3, -0.25) is 4.79 Å². The first-order chi connectivity index (χ1) is 13.1. The highest BCUT2D eigenvalue weighted by Gasteiger charge is 2.22. The molecule has 0 atom stereocenters. The monoisotopic (exact) mass is 384 g/mol. The Morgan fingerprint density at radius 3 is 2.70 bits per heavy atom. The lowest BCUT2D eigenvalue weighted by molar-refractivity contribution is -0.130. The fourth-order valence-corrected chi connectivity index (χ4v) is 3.67. The Morgan fingerprint density at radius 1 is 1.15 bits per heavy atom. The molecule has 140 valence electrons. The van der Waals surface area contributed by atoms with E-state index in [2.05, 4.69) is 4.90 Å². The highest BCUT2D eigenvalue weighted by molar-refractivity contribution is 6.30. The molecule has 0 aliphatic carbocycles. The molecular weight excluding hydrogens is 364 g/mol. The molecule has 0 N–H and O–H groups in total. The first-order valence-electron chi connectivity index (χ1n) is 8.96. The predicted octanol–water partition coefficient (Wildman–Crippen LogP) is 3.99. The largest absolute Gasteiger partial charge is 0.497 e. The minimum absolute atomic E-state index is 0.117. The Hall–Kier alpha value is -2.66. The molecule has 0 spiro atoms. The van der Waals surface area contributed by atoms with E-state index < -0.39 is 0 Å². The zero-order valence-corrected chi connectivity index (χ0v) is 15.9. The smallest absolute Gasteiger partial charge is 0.227 e. The molecule has 0 bridgehead atoms. The van der Waals surface area contributed by atoms with Crippen molar-refractivity contribution >= 4 is 34.2 Å². The van der Waals surface area contributed by atoms with Gasteiger partial charge in [-0.05, 0) is 36.4 Å².